The van der Waals surface area contributed by atoms with Crippen LogP contribution in [0.3, 0.4) is 0 Å². The third kappa shape index (κ3) is 6.11. The van der Waals surface area contributed by atoms with Crippen molar-refractivity contribution in [1.82, 2.24) is 14.9 Å². The Kier molecular flexibility index (Phi) is 7.75. The van der Waals surface area contributed by atoms with E-state index < -0.39 is 27.7 Å². The number of benzene rings is 2. The van der Waals surface area contributed by atoms with Crippen molar-refractivity contribution in [2.45, 2.75) is 43.2 Å². The first-order valence-corrected chi connectivity index (χ1v) is 11.7. The molecule has 2 N–H and O–H groups in total. The Balaban J connectivity index is 1.52. The molecule has 3 rings (SSSR count). The summed E-state index contributed by atoms with van der Waals surface area (Å²) >= 11 is 0. The fourth-order valence-corrected chi connectivity index (χ4v) is 5.34. The zero-order valence-electron chi connectivity index (χ0n) is 17.1. The molecule has 7 nitrogen and oxygen atoms in total. The summed E-state index contributed by atoms with van der Waals surface area (Å²) in [7, 11) is -3.76. The van der Waals surface area contributed by atoms with Crippen molar-refractivity contribution in [2.24, 2.45) is 0 Å². The van der Waals surface area contributed by atoms with Crippen LogP contribution in [0.25, 0.3) is 0 Å². The molecule has 9 heteroatoms. The molecule has 2 aromatic rings. The summed E-state index contributed by atoms with van der Waals surface area (Å²) in [4.78, 5) is 24.1. The number of piperidine rings is 1. The first kappa shape index (κ1) is 22.9. The van der Waals surface area contributed by atoms with Crippen molar-refractivity contribution >= 4 is 21.8 Å². The van der Waals surface area contributed by atoms with E-state index >= 15 is 0 Å². The number of amides is 2. The zero-order chi connectivity index (χ0) is 22.3. The highest BCUT2D eigenvalue weighted by molar-refractivity contribution is 7.89. The van der Waals surface area contributed by atoms with E-state index in [4.69, 9.17) is 0 Å². The molecule has 0 spiro atoms. The lowest BCUT2D eigenvalue weighted by atomic mass is 10.0. The highest BCUT2D eigenvalue weighted by Crippen LogP contribution is 2.27. The van der Waals surface area contributed by atoms with Gasteiger partial charge < -0.3 is 10.6 Å². The van der Waals surface area contributed by atoms with Crippen LogP contribution >= 0.6 is 0 Å². The van der Waals surface area contributed by atoms with Gasteiger partial charge in [0.1, 0.15) is 5.82 Å². The van der Waals surface area contributed by atoms with Crippen LogP contribution in [-0.4, -0.2) is 43.7 Å². The lowest BCUT2D eigenvalue weighted by molar-refractivity contribution is -0.139. The van der Waals surface area contributed by atoms with Crippen molar-refractivity contribution < 1.29 is 22.4 Å². The van der Waals surface area contributed by atoms with Gasteiger partial charge in [0.05, 0.1) is 4.90 Å². The molecule has 0 aliphatic carbocycles. The molecule has 1 fully saturated rings. The van der Waals surface area contributed by atoms with E-state index in [9.17, 15) is 22.4 Å². The van der Waals surface area contributed by atoms with Gasteiger partial charge in [0.15, 0.2) is 0 Å². The van der Waals surface area contributed by atoms with Crippen LogP contribution in [0.1, 0.15) is 31.2 Å². The number of halogens is 1. The first-order valence-electron chi connectivity index (χ1n) is 10.3. The molecule has 2 aromatic carbocycles. The quantitative estimate of drug-likeness (QED) is 0.636. The van der Waals surface area contributed by atoms with Crippen LogP contribution in [0.4, 0.5) is 4.39 Å². The molecule has 1 aliphatic rings. The topological polar surface area (TPSA) is 95.6 Å². The number of carbonyl (C=O) groups excluding carboxylic acids is 2. The molecule has 1 heterocycles. The fraction of sp³-hybridized carbons (Fsp3) is 0.364. The van der Waals surface area contributed by atoms with E-state index in [0.29, 0.717) is 19.4 Å². The van der Waals surface area contributed by atoms with Gasteiger partial charge >= 0.3 is 11.8 Å². The van der Waals surface area contributed by atoms with Crippen LogP contribution in [0.15, 0.2) is 59.5 Å². The Labute approximate surface area is 181 Å². The molecule has 1 aliphatic heterocycles. The van der Waals surface area contributed by atoms with Crippen molar-refractivity contribution in [2.75, 3.05) is 13.1 Å². The van der Waals surface area contributed by atoms with Gasteiger partial charge in [-0.05, 0) is 49.1 Å². The second-order valence-electron chi connectivity index (χ2n) is 7.43. The summed E-state index contributed by atoms with van der Waals surface area (Å²) in [6.45, 7) is 0.799. The van der Waals surface area contributed by atoms with Crippen molar-refractivity contribution in [3.05, 3.63) is 66.0 Å². The molecule has 0 aromatic heterocycles. The van der Waals surface area contributed by atoms with Gasteiger partial charge in [-0.3, -0.25) is 9.59 Å². The molecular weight excluding hydrogens is 421 g/mol. The summed E-state index contributed by atoms with van der Waals surface area (Å²) in [5.41, 5.74) is 0.882. The molecule has 0 unspecified atom stereocenters. The Morgan fingerprint density at radius 3 is 2.35 bits per heavy atom. The third-order valence-corrected chi connectivity index (χ3v) is 7.22. The maximum atomic E-state index is 13.2. The standard InChI is InChI=1S/C22H26FN3O4S/c23-18-9-11-20(12-10-18)31(29,30)26-15-5-4-8-19(26)13-14-24-21(27)22(28)25-16-17-6-2-1-3-7-17/h1-3,6-7,9-12,19H,4-5,8,13-16H2,(H,24,27)(H,25,28)/t19-/m1/s1. The number of nitrogens with one attached hydrogen (secondary N) is 2. The van der Waals surface area contributed by atoms with Crippen LogP contribution < -0.4 is 10.6 Å². The molecule has 166 valence electrons. The summed E-state index contributed by atoms with van der Waals surface area (Å²) in [5, 5.41) is 5.12. The summed E-state index contributed by atoms with van der Waals surface area (Å²) in [6.07, 6.45) is 2.67. The average molecular weight is 448 g/mol. The van der Waals surface area contributed by atoms with Crippen LogP contribution in [-0.2, 0) is 26.2 Å². The number of hydrogen-bond acceptors (Lipinski definition) is 4. The molecular formula is C22H26FN3O4S. The second kappa shape index (κ2) is 10.5. The first-order chi connectivity index (χ1) is 14.9. The molecule has 0 radical (unpaired) electrons. The Hall–Kier alpha value is -2.78. The number of carbonyl (C=O) groups is 2. The largest absolute Gasteiger partial charge is 0.348 e. The fourth-order valence-electron chi connectivity index (χ4n) is 3.61. The minimum atomic E-state index is -3.76. The van der Waals surface area contributed by atoms with Gasteiger partial charge in [0, 0.05) is 25.7 Å². The Morgan fingerprint density at radius 1 is 0.968 bits per heavy atom. The predicted molar refractivity (Wildman–Crippen MR) is 114 cm³/mol. The predicted octanol–water partition coefficient (Wildman–Crippen LogP) is 2.19. The van der Waals surface area contributed by atoms with E-state index in [0.717, 1.165) is 30.5 Å². The molecule has 0 saturated carbocycles. The second-order valence-corrected chi connectivity index (χ2v) is 9.32. The molecule has 31 heavy (non-hydrogen) atoms. The smallest absolute Gasteiger partial charge is 0.309 e. The van der Waals surface area contributed by atoms with Crippen LogP contribution in [0.5, 0.6) is 0 Å². The number of rotatable bonds is 7. The number of sulfonamides is 1. The van der Waals surface area contributed by atoms with Gasteiger partial charge in [-0.15, -0.1) is 0 Å². The highest BCUT2D eigenvalue weighted by Gasteiger charge is 2.33. The van der Waals surface area contributed by atoms with Crippen molar-refractivity contribution in [3.63, 3.8) is 0 Å². The van der Waals surface area contributed by atoms with E-state index in [-0.39, 0.29) is 24.0 Å². The maximum Gasteiger partial charge on any atom is 0.309 e. The van der Waals surface area contributed by atoms with Crippen molar-refractivity contribution in [3.8, 4) is 0 Å². The lowest BCUT2D eigenvalue weighted by Gasteiger charge is -2.34. The molecule has 0 bridgehead atoms. The van der Waals surface area contributed by atoms with Gasteiger partial charge in [0.2, 0.25) is 10.0 Å². The van der Waals surface area contributed by atoms with Gasteiger partial charge in [-0.1, -0.05) is 36.8 Å². The monoisotopic (exact) mass is 447 g/mol. The summed E-state index contributed by atoms with van der Waals surface area (Å²) < 4.78 is 40.6. The van der Waals surface area contributed by atoms with E-state index in [1.165, 1.54) is 16.4 Å². The normalized spacial score (nSPS) is 17.1. The van der Waals surface area contributed by atoms with E-state index in [2.05, 4.69) is 10.6 Å². The van der Waals surface area contributed by atoms with E-state index in [1.54, 1.807) is 0 Å². The van der Waals surface area contributed by atoms with Crippen LogP contribution in [0.2, 0.25) is 0 Å². The Morgan fingerprint density at radius 2 is 1.65 bits per heavy atom. The minimum Gasteiger partial charge on any atom is -0.348 e. The lowest BCUT2D eigenvalue weighted by Crippen LogP contribution is -2.46. The number of nitrogens with zero attached hydrogens (tertiary/aromatic N) is 1. The molecule has 1 atom stereocenters. The zero-order valence-corrected chi connectivity index (χ0v) is 17.9. The van der Waals surface area contributed by atoms with Gasteiger partial charge in [-0.25, -0.2) is 12.8 Å². The van der Waals surface area contributed by atoms with Crippen molar-refractivity contribution in [1.29, 1.82) is 0 Å². The third-order valence-electron chi connectivity index (χ3n) is 5.26. The molecule has 1 saturated heterocycles. The van der Waals surface area contributed by atoms with E-state index in [1.807, 2.05) is 30.3 Å². The van der Waals surface area contributed by atoms with Gasteiger partial charge in [0.25, 0.3) is 0 Å². The summed E-state index contributed by atoms with van der Waals surface area (Å²) in [6, 6.07) is 13.7. The highest BCUT2D eigenvalue weighted by atomic mass is 32.2. The van der Waals surface area contributed by atoms with Crippen LogP contribution in [0, 0.1) is 5.82 Å². The summed E-state index contributed by atoms with van der Waals surface area (Å²) in [5.74, 6) is -1.98. The maximum absolute atomic E-state index is 13.2. The minimum absolute atomic E-state index is 0.0464. The SMILES string of the molecule is O=C(NCC[C@H]1CCCCN1S(=O)(=O)c1ccc(F)cc1)C(=O)NCc1ccccc1. The molecule has 2 amide bonds. The Bertz CT molecular complexity index is 997. The average Bonchev–Trinajstić information content (AvgIpc) is 2.78. The number of hydrogen-bond donors (Lipinski definition) is 2. The van der Waals surface area contributed by atoms with Gasteiger partial charge in [-0.2, -0.15) is 4.31 Å².